The summed E-state index contributed by atoms with van der Waals surface area (Å²) in [5.41, 5.74) is 1.52. The molecule has 0 bridgehead atoms. The molecule has 18 heavy (non-hydrogen) atoms. The average molecular weight is 240 g/mol. The van der Waals surface area contributed by atoms with E-state index >= 15 is 0 Å². The molecule has 90 valence electrons. The highest BCUT2D eigenvalue weighted by molar-refractivity contribution is 6.09. The van der Waals surface area contributed by atoms with Gasteiger partial charge in [0.25, 0.3) is 0 Å². The molecule has 0 aromatic heterocycles. The molecule has 2 heteroatoms. The van der Waals surface area contributed by atoms with Crippen LogP contribution in [0.2, 0.25) is 0 Å². The Hall–Kier alpha value is -1.93. The Morgan fingerprint density at radius 2 is 1.44 bits per heavy atom. The van der Waals surface area contributed by atoms with Crippen molar-refractivity contribution in [2.24, 2.45) is 0 Å². The Morgan fingerprint density at radius 1 is 0.778 bits per heavy atom. The zero-order chi connectivity index (χ0) is 12.5. The number of hydrogen-bond acceptors (Lipinski definition) is 1. The lowest BCUT2D eigenvalue weighted by Gasteiger charge is -2.10. The van der Waals surface area contributed by atoms with Gasteiger partial charge in [0.05, 0.1) is 6.61 Å². The van der Waals surface area contributed by atoms with Crippen molar-refractivity contribution in [1.82, 2.24) is 0 Å². The van der Waals surface area contributed by atoms with E-state index in [-0.39, 0.29) is 6.61 Å². The van der Waals surface area contributed by atoms with E-state index in [1.54, 1.807) is 6.07 Å². The molecule has 0 amide bonds. The van der Waals surface area contributed by atoms with E-state index in [4.69, 9.17) is 0 Å². The molecular weight excluding hydrogens is 227 g/mol. The second-order valence-corrected chi connectivity index (χ2v) is 4.39. The lowest BCUT2D eigenvalue weighted by Crippen LogP contribution is -1.90. The Labute approximate surface area is 104 Å². The van der Waals surface area contributed by atoms with Gasteiger partial charge in [-0.1, -0.05) is 42.5 Å². The molecule has 0 unspecified atom stereocenters. The van der Waals surface area contributed by atoms with Crippen molar-refractivity contribution in [1.29, 1.82) is 0 Å². The van der Waals surface area contributed by atoms with E-state index in [1.165, 1.54) is 0 Å². The molecule has 3 rings (SSSR count). The standard InChI is InChI=1S/C16H13FO/c17-9-11-4-3-7-15-14-6-2-1-5-13(14)12(10-18)8-16(11)15/h1-8,18H,9-10H2. The number of hydrogen-bond donors (Lipinski definition) is 1. The van der Waals surface area contributed by atoms with Crippen molar-refractivity contribution in [3.63, 3.8) is 0 Å². The zero-order valence-corrected chi connectivity index (χ0v) is 9.86. The first-order valence-corrected chi connectivity index (χ1v) is 5.94. The van der Waals surface area contributed by atoms with Crippen molar-refractivity contribution in [2.45, 2.75) is 13.3 Å². The minimum absolute atomic E-state index is 0.0307. The lowest BCUT2D eigenvalue weighted by atomic mass is 9.95. The van der Waals surface area contributed by atoms with Crippen LogP contribution in [0.3, 0.4) is 0 Å². The molecule has 0 saturated carbocycles. The quantitative estimate of drug-likeness (QED) is 0.672. The van der Waals surface area contributed by atoms with Gasteiger partial charge in [-0.05, 0) is 38.7 Å². The van der Waals surface area contributed by atoms with E-state index in [0.717, 1.165) is 27.1 Å². The fraction of sp³-hybridized carbons (Fsp3) is 0.125. The van der Waals surface area contributed by atoms with Gasteiger partial charge < -0.3 is 5.11 Å². The minimum Gasteiger partial charge on any atom is -0.392 e. The van der Waals surface area contributed by atoms with E-state index < -0.39 is 6.67 Å². The van der Waals surface area contributed by atoms with Crippen molar-refractivity contribution in [2.75, 3.05) is 0 Å². The van der Waals surface area contributed by atoms with Crippen LogP contribution in [0.1, 0.15) is 11.1 Å². The van der Waals surface area contributed by atoms with Gasteiger partial charge in [-0.3, -0.25) is 0 Å². The first kappa shape index (κ1) is 11.2. The van der Waals surface area contributed by atoms with Crippen LogP contribution in [0.25, 0.3) is 21.5 Å². The van der Waals surface area contributed by atoms with Crippen LogP contribution in [0.15, 0.2) is 48.5 Å². The Kier molecular flexibility index (Phi) is 2.73. The molecule has 0 heterocycles. The maximum Gasteiger partial charge on any atom is 0.115 e. The normalized spacial score (nSPS) is 11.2. The molecule has 0 saturated heterocycles. The smallest absolute Gasteiger partial charge is 0.115 e. The highest BCUT2D eigenvalue weighted by atomic mass is 19.1. The maximum atomic E-state index is 13.0. The number of aliphatic hydroxyl groups is 1. The third kappa shape index (κ3) is 1.57. The third-order valence-corrected chi connectivity index (χ3v) is 3.39. The van der Waals surface area contributed by atoms with Crippen LogP contribution >= 0.6 is 0 Å². The Bertz CT molecular complexity index is 713. The van der Waals surface area contributed by atoms with Gasteiger partial charge in [0.15, 0.2) is 0 Å². The monoisotopic (exact) mass is 240 g/mol. The van der Waals surface area contributed by atoms with Crippen molar-refractivity contribution in [3.05, 3.63) is 59.7 Å². The number of aliphatic hydroxyl groups excluding tert-OH is 1. The molecule has 0 aliphatic rings. The molecule has 1 nitrogen and oxygen atoms in total. The summed E-state index contributed by atoms with van der Waals surface area (Å²) in [4.78, 5) is 0. The highest BCUT2D eigenvalue weighted by Crippen LogP contribution is 2.31. The number of alkyl halides is 1. The average Bonchev–Trinajstić information content (AvgIpc) is 2.45. The zero-order valence-electron chi connectivity index (χ0n) is 9.86. The van der Waals surface area contributed by atoms with Gasteiger partial charge in [0.1, 0.15) is 6.67 Å². The predicted molar refractivity (Wildman–Crippen MR) is 72.2 cm³/mol. The molecule has 0 fully saturated rings. The number of rotatable bonds is 2. The summed E-state index contributed by atoms with van der Waals surface area (Å²) in [6.45, 7) is -0.516. The summed E-state index contributed by atoms with van der Waals surface area (Å²) in [5, 5.41) is 13.5. The minimum atomic E-state index is -0.486. The number of benzene rings is 3. The first-order chi connectivity index (χ1) is 8.85. The second kappa shape index (κ2) is 4.39. The molecule has 0 spiro atoms. The van der Waals surface area contributed by atoms with Crippen LogP contribution in [0.5, 0.6) is 0 Å². The lowest BCUT2D eigenvalue weighted by molar-refractivity contribution is 0.283. The Morgan fingerprint density at radius 3 is 2.17 bits per heavy atom. The maximum absolute atomic E-state index is 13.0. The molecule has 0 atom stereocenters. The van der Waals surface area contributed by atoms with Crippen molar-refractivity contribution >= 4 is 21.5 Å². The Balaban J connectivity index is 2.54. The van der Waals surface area contributed by atoms with E-state index in [9.17, 15) is 9.50 Å². The summed E-state index contributed by atoms with van der Waals surface area (Å²) in [6.07, 6.45) is 0. The molecule has 1 N–H and O–H groups in total. The van der Waals surface area contributed by atoms with Gasteiger partial charge in [-0.25, -0.2) is 4.39 Å². The number of fused-ring (bicyclic) bond motifs is 3. The summed E-state index contributed by atoms with van der Waals surface area (Å²) in [6, 6.07) is 15.5. The highest BCUT2D eigenvalue weighted by Gasteiger charge is 2.08. The van der Waals surface area contributed by atoms with E-state index in [0.29, 0.717) is 5.56 Å². The van der Waals surface area contributed by atoms with Gasteiger partial charge in [-0.2, -0.15) is 0 Å². The van der Waals surface area contributed by atoms with E-state index in [2.05, 4.69) is 0 Å². The van der Waals surface area contributed by atoms with Crippen LogP contribution in [-0.2, 0) is 13.3 Å². The second-order valence-electron chi connectivity index (χ2n) is 4.39. The van der Waals surface area contributed by atoms with E-state index in [1.807, 2.05) is 42.5 Å². The summed E-state index contributed by atoms with van der Waals surface area (Å²) < 4.78 is 13.0. The SMILES string of the molecule is OCc1cc2c(CF)cccc2c2ccccc12. The van der Waals surface area contributed by atoms with Gasteiger partial charge in [0.2, 0.25) is 0 Å². The fourth-order valence-electron chi connectivity index (χ4n) is 2.52. The predicted octanol–water partition coefficient (Wildman–Crippen LogP) is 3.95. The molecular formula is C16H13FO. The molecule has 0 aliphatic carbocycles. The summed E-state index contributed by atoms with van der Waals surface area (Å²) in [5.74, 6) is 0. The van der Waals surface area contributed by atoms with Gasteiger partial charge in [0, 0.05) is 0 Å². The number of halogens is 1. The third-order valence-electron chi connectivity index (χ3n) is 3.39. The largest absolute Gasteiger partial charge is 0.392 e. The van der Waals surface area contributed by atoms with Crippen LogP contribution in [0.4, 0.5) is 4.39 Å². The van der Waals surface area contributed by atoms with Gasteiger partial charge >= 0.3 is 0 Å². The van der Waals surface area contributed by atoms with Crippen LogP contribution < -0.4 is 0 Å². The molecule has 3 aromatic carbocycles. The fourth-order valence-corrected chi connectivity index (χ4v) is 2.52. The van der Waals surface area contributed by atoms with Crippen molar-refractivity contribution in [3.8, 4) is 0 Å². The summed E-state index contributed by atoms with van der Waals surface area (Å²) >= 11 is 0. The summed E-state index contributed by atoms with van der Waals surface area (Å²) in [7, 11) is 0. The van der Waals surface area contributed by atoms with Crippen LogP contribution in [-0.4, -0.2) is 5.11 Å². The van der Waals surface area contributed by atoms with Crippen LogP contribution in [0, 0.1) is 0 Å². The molecule has 0 radical (unpaired) electrons. The van der Waals surface area contributed by atoms with Gasteiger partial charge in [-0.15, -0.1) is 0 Å². The topological polar surface area (TPSA) is 20.2 Å². The molecule has 0 aliphatic heterocycles. The molecule has 3 aromatic rings. The van der Waals surface area contributed by atoms with Crippen molar-refractivity contribution < 1.29 is 9.50 Å². The first-order valence-electron chi connectivity index (χ1n) is 5.94.